The smallest absolute Gasteiger partial charge is 0.368 e. The highest BCUT2D eigenvalue weighted by atomic mass is 32.3. The van der Waals surface area contributed by atoms with Gasteiger partial charge in [-0.15, -0.1) is 0 Å². The molecule has 0 bridgehead atoms. The highest BCUT2D eigenvalue weighted by Gasteiger charge is 2.05. The second-order valence-electron chi connectivity index (χ2n) is 1.52. The third-order valence-corrected chi connectivity index (χ3v) is 1.07. The molecule has 0 spiro atoms. The first kappa shape index (κ1) is 13.3. The molecule has 0 radical (unpaired) electrons. The lowest BCUT2D eigenvalue weighted by Crippen LogP contribution is -2.12. The monoisotopic (exact) mass is 189 g/mol. The van der Waals surface area contributed by atoms with Crippen LogP contribution < -0.4 is 6.15 Å². The van der Waals surface area contributed by atoms with Gasteiger partial charge in [-0.1, -0.05) is 0 Å². The van der Waals surface area contributed by atoms with Gasteiger partial charge in [-0.05, 0) is 0 Å². The van der Waals surface area contributed by atoms with Gasteiger partial charge in [0.1, 0.15) is 0 Å². The van der Waals surface area contributed by atoms with E-state index >= 15 is 0 Å². The maximum absolute atomic E-state index is 9.78. The van der Waals surface area contributed by atoms with Crippen molar-refractivity contribution >= 4 is 10.4 Å². The minimum Gasteiger partial charge on any atom is -0.368 e. The summed E-state index contributed by atoms with van der Waals surface area (Å²) in [4.78, 5) is 0. The predicted molar refractivity (Wildman–Crippen MR) is 35.4 cm³/mol. The number of hydrogen-bond donors (Lipinski definition) is 4. The van der Waals surface area contributed by atoms with E-state index in [0.717, 1.165) is 0 Å². The molecule has 11 heavy (non-hydrogen) atoms. The number of aliphatic hydroxyl groups excluding tert-OH is 1. The molecular weight excluding hydrogens is 178 g/mol. The Bertz CT molecular complexity index is 174. The van der Waals surface area contributed by atoms with Crippen molar-refractivity contribution in [3.63, 3.8) is 0 Å². The van der Waals surface area contributed by atoms with Gasteiger partial charge in [0.25, 0.3) is 0 Å². The van der Waals surface area contributed by atoms with Crippen molar-refractivity contribution in [2.45, 2.75) is 12.7 Å². The molecule has 0 amide bonds. The Hall–Kier alpha value is -0.250. The third kappa shape index (κ3) is 12.9. The van der Waals surface area contributed by atoms with Crippen LogP contribution in [0.15, 0.2) is 0 Å². The van der Waals surface area contributed by atoms with Gasteiger partial charge in [0.15, 0.2) is 6.29 Å². The molecule has 8 heteroatoms. The van der Waals surface area contributed by atoms with Crippen LogP contribution in [0.2, 0.25) is 0 Å². The summed E-state index contributed by atoms with van der Waals surface area (Å²) >= 11 is 0. The van der Waals surface area contributed by atoms with Gasteiger partial charge >= 0.3 is 10.4 Å². The summed E-state index contributed by atoms with van der Waals surface area (Å²) in [5.41, 5.74) is 0. The topological polar surface area (TPSA) is 139 Å². The predicted octanol–water partition coefficient (Wildman–Crippen LogP) is -1.33. The molecule has 6 N–H and O–H groups in total. The average molecular weight is 189 g/mol. The molecule has 0 atom stereocenters. The van der Waals surface area contributed by atoms with Crippen LogP contribution in [-0.4, -0.2) is 36.1 Å². The zero-order chi connectivity index (χ0) is 8.20. The quantitative estimate of drug-likeness (QED) is 0.317. The molecule has 0 rings (SSSR count). The Kier molecular flexibility index (Phi) is 6.56. The lowest BCUT2D eigenvalue weighted by Gasteiger charge is -2.00. The molecule has 0 heterocycles. The summed E-state index contributed by atoms with van der Waals surface area (Å²) in [5.74, 6) is 0. The number of aliphatic hydroxyl groups is 2. The Labute approximate surface area is 64.1 Å². The molecule has 0 unspecified atom stereocenters. The van der Waals surface area contributed by atoms with Crippen molar-refractivity contribution in [2.75, 3.05) is 6.61 Å². The van der Waals surface area contributed by atoms with E-state index < -0.39 is 23.3 Å². The SMILES string of the molecule is N.O=S(=O)(O)OCCC(O)O. The van der Waals surface area contributed by atoms with Crippen LogP contribution in [0.4, 0.5) is 0 Å². The van der Waals surface area contributed by atoms with Crippen molar-refractivity contribution in [2.24, 2.45) is 0 Å². The van der Waals surface area contributed by atoms with Crippen molar-refractivity contribution in [3.05, 3.63) is 0 Å². The fraction of sp³-hybridized carbons (Fsp3) is 1.00. The molecule has 7 nitrogen and oxygen atoms in total. The van der Waals surface area contributed by atoms with Crippen molar-refractivity contribution in [3.8, 4) is 0 Å². The molecule has 0 aromatic rings. The molecule has 0 saturated carbocycles. The lowest BCUT2D eigenvalue weighted by atomic mass is 10.5. The van der Waals surface area contributed by atoms with Gasteiger partial charge in [-0.3, -0.25) is 4.55 Å². The van der Waals surface area contributed by atoms with E-state index in [1.807, 2.05) is 0 Å². The molecule has 0 aliphatic carbocycles. The molecule has 0 aliphatic heterocycles. The normalized spacial score (nSPS) is 11.3. The van der Waals surface area contributed by atoms with Gasteiger partial charge in [-0.25, -0.2) is 4.18 Å². The van der Waals surface area contributed by atoms with E-state index in [9.17, 15) is 8.42 Å². The summed E-state index contributed by atoms with van der Waals surface area (Å²) in [7, 11) is -4.44. The average Bonchev–Trinajstić information content (AvgIpc) is 1.59. The first-order valence-corrected chi connectivity index (χ1v) is 3.76. The standard InChI is InChI=1S/C3H8O6S.H3N/c4-3(5)1-2-9-10(6,7)8;/h3-5H,1-2H2,(H,6,7,8);1H3. The van der Waals surface area contributed by atoms with E-state index in [0.29, 0.717) is 0 Å². The fourth-order valence-electron chi connectivity index (χ4n) is 0.259. The van der Waals surface area contributed by atoms with Crippen LogP contribution in [0.3, 0.4) is 0 Å². The molecule has 0 aromatic carbocycles. The van der Waals surface area contributed by atoms with E-state index in [-0.39, 0.29) is 12.6 Å². The zero-order valence-electron chi connectivity index (χ0n) is 5.67. The van der Waals surface area contributed by atoms with Gasteiger partial charge < -0.3 is 16.4 Å². The highest BCUT2D eigenvalue weighted by Crippen LogP contribution is 1.91. The molecular formula is C3H11NO6S. The summed E-state index contributed by atoms with van der Waals surface area (Å²) in [5, 5.41) is 16.3. The second-order valence-corrected chi connectivity index (χ2v) is 2.61. The van der Waals surface area contributed by atoms with Crippen LogP contribution in [-0.2, 0) is 14.6 Å². The lowest BCUT2D eigenvalue weighted by molar-refractivity contribution is -0.0520. The molecule has 0 fully saturated rings. The van der Waals surface area contributed by atoms with Gasteiger partial charge in [0.2, 0.25) is 0 Å². The Morgan fingerprint density at radius 1 is 1.36 bits per heavy atom. The van der Waals surface area contributed by atoms with Crippen LogP contribution in [0.5, 0.6) is 0 Å². The van der Waals surface area contributed by atoms with Crippen LogP contribution in [0.1, 0.15) is 6.42 Å². The van der Waals surface area contributed by atoms with Gasteiger partial charge in [0, 0.05) is 6.42 Å². The second kappa shape index (κ2) is 5.41. The minimum absolute atomic E-state index is 0. The van der Waals surface area contributed by atoms with E-state index in [4.69, 9.17) is 14.8 Å². The van der Waals surface area contributed by atoms with E-state index in [1.165, 1.54) is 0 Å². The summed E-state index contributed by atoms with van der Waals surface area (Å²) in [6.45, 7) is -0.448. The largest absolute Gasteiger partial charge is 0.397 e. The van der Waals surface area contributed by atoms with E-state index in [2.05, 4.69) is 4.18 Å². The molecule has 70 valence electrons. The molecule has 0 aliphatic rings. The van der Waals surface area contributed by atoms with Crippen molar-refractivity contribution in [1.29, 1.82) is 0 Å². The first-order valence-electron chi connectivity index (χ1n) is 2.40. The maximum atomic E-state index is 9.78. The van der Waals surface area contributed by atoms with Crippen molar-refractivity contribution in [1.82, 2.24) is 6.15 Å². The molecule has 0 aromatic heterocycles. The zero-order valence-corrected chi connectivity index (χ0v) is 6.49. The van der Waals surface area contributed by atoms with E-state index in [1.54, 1.807) is 0 Å². The van der Waals surface area contributed by atoms with Gasteiger partial charge in [0.05, 0.1) is 6.61 Å². The Morgan fingerprint density at radius 3 is 2.09 bits per heavy atom. The summed E-state index contributed by atoms with van der Waals surface area (Å²) in [6, 6.07) is 0. The third-order valence-electron chi connectivity index (χ3n) is 0.608. The Morgan fingerprint density at radius 2 is 1.82 bits per heavy atom. The van der Waals surface area contributed by atoms with Crippen LogP contribution >= 0.6 is 0 Å². The first-order chi connectivity index (χ1) is 4.42. The summed E-state index contributed by atoms with van der Waals surface area (Å²) in [6.07, 6.45) is -1.89. The van der Waals surface area contributed by atoms with Crippen LogP contribution in [0.25, 0.3) is 0 Å². The maximum Gasteiger partial charge on any atom is 0.397 e. The number of rotatable bonds is 4. The van der Waals surface area contributed by atoms with Crippen molar-refractivity contribution < 1.29 is 27.4 Å². The fourth-order valence-corrected chi connectivity index (χ4v) is 0.566. The highest BCUT2D eigenvalue weighted by molar-refractivity contribution is 7.80. The van der Waals surface area contributed by atoms with Gasteiger partial charge in [-0.2, -0.15) is 8.42 Å². The Balaban J connectivity index is 0. The molecule has 0 saturated heterocycles. The number of hydrogen-bond acceptors (Lipinski definition) is 6. The van der Waals surface area contributed by atoms with Crippen LogP contribution in [0, 0.1) is 0 Å². The summed E-state index contributed by atoms with van der Waals surface area (Å²) < 4.78 is 31.2. The minimum atomic E-state index is -4.44.